The van der Waals surface area contributed by atoms with Crippen molar-refractivity contribution in [2.75, 3.05) is 59.7 Å². The van der Waals surface area contributed by atoms with Crippen LogP contribution in [0.4, 0.5) is 0 Å². The first-order chi connectivity index (χ1) is 16.6. The number of hydrogen-bond donors (Lipinski definition) is 1. The molecule has 0 spiro atoms. The highest BCUT2D eigenvalue weighted by atomic mass is 32.1. The Balaban J connectivity index is 1.66. The molecule has 0 saturated heterocycles. The molecule has 0 saturated carbocycles. The first-order valence-corrected chi connectivity index (χ1v) is 12.4. The van der Waals surface area contributed by atoms with Gasteiger partial charge < -0.3 is 24.2 Å². The minimum absolute atomic E-state index is 0.0210. The quantitative estimate of drug-likeness (QED) is 0.327. The molecule has 1 aromatic carbocycles. The van der Waals surface area contributed by atoms with Gasteiger partial charge in [-0.3, -0.25) is 9.69 Å². The van der Waals surface area contributed by atoms with Crippen molar-refractivity contribution >= 4 is 17.2 Å². The Morgan fingerprint density at radius 3 is 2.94 bits per heavy atom. The van der Waals surface area contributed by atoms with Crippen LogP contribution in [-0.2, 0) is 20.7 Å². The van der Waals surface area contributed by atoms with Gasteiger partial charge in [0, 0.05) is 38.2 Å². The third-order valence-corrected chi connectivity index (χ3v) is 6.71. The lowest BCUT2D eigenvalue weighted by Crippen LogP contribution is -2.48. The Morgan fingerprint density at radius 2 is 2.18 bits per heavy atom. The Morgan fingerprint density at radius 1 is 1.35 bits per heavy atom. The fourth-order valence-corrected chi connectivity index (χ4v) is 5.05. The van der Waals surface area contributed by atoms with E-state index in [1.807, 2.05) is 40.1 Å². The van der Waals surface area contributed by atoms with Gasteiger partial charge in [-0.05, 0) is 42.0 Å². The highest BCUT2D eigenvalue weighted by molar-refractivity contribution is 7.10. The number of para-hydroxylation sites is 1. The molecule has 2 heterocycles. The summed E-state index contributed by atoms with van der Waals surface area (Å²) < 4.78 is 16.5. The molecule has 8 heteroatoms. The second kappa shape index (κ2) is 14.1. The van der Waals surface area contributed by atoms with Gasteiger partial charge in [0.2, 0.25) is 5.91 Å². The fraction of sp³-hybridized carbons (Fsp3) is 0.500. The summed E-state index contributed by atoms with van der Waals surface area (Å²) in [5.41, 5.74) is 1.16. The van der Waals surface area contributed by atoms with Gasteiger partial charge in [-0.1, -0.05) is 24.1 Å². The van der Waals surface area contributed by atoms with Crippen LogP contribution in [0, 0.1) is 12.3 Å². The zero-order chi connectivity index (χ0) is 24.2. The highest BCUT2D eigenvalue weighted by Gasteiger charge is 2.33. The average molecular weight is 487 g/mol. The van der Waals surface area contributed by atoms with Crippen molar-refractivity contribution in [1.82, 2.24) is 9.80 Å². The maximum absolute atomic E-state index is 13.5. The Labute approximate surface area is 206 Å². The minimum Gasteiger partial charge on any atom is -0.491 e. The summed E-state index contributed by atoms with van der Waals surface area (Å²) in [6.45, 7) is 3.08. The van der Waals surface area contributed by atoms with Crippen LogP contribution < -0.4 is 4.74 Å². The van der Waals surface area contributed by atoms with Crippen molar-refractivity contribution in [3.8, 4) is 18.1 Å². The molecule has 0 bridgehead atoms. The molecule has 0 unspecified atom stereocenters. The number of carbonyl (C=O) groups is 1. The van der Waals surface area contributed by atoms with Gasteiger partial charge in [0.1, 0.15) is 19.0 Å². The van der Waals surface area contributed by atoms with Crippen LogP contribution in [0.3, 0.4) is 0 Å². The summed E-state index contributed by atoms with van der Waals surface area (Å²) >= 11 is 1.73. The summed E-state index contributed by atoms with van der Waals surface area (Å²) in [4.78, 5) is 18.7. The largest absolute Gasteiger partial charge is 0.491 e. The number of nitrogens with zero attached hydrogens (tertiary/aromatic N) is 2. The molecule has 184 valence electrons. The number of aliphatic hydroxyl groups is 1. The molecule has 3 rings (SSSR count). The molecule has 0 fully saturated rings. The van der Waals surface area contributed by atoms with E-state index in [0.717, 1.165) is 24.2 Å². The fourth-order valence-electron chi connectivity index (χ4n) is 4.12. The van der Waals surface area contributed by atoms with Gasteiger partial charge in [0.25, 0.3) is 0 Å². The summed E-state index contributed by atoms with van der Waals surface area (Å²) in [5, 5.41) is 12.5. The number of fused-ring (bicyclic) bond motifs is 1. The van der Waals surface area contributed by atoms with Crippen LogP contribution in [0.15, 0.2) is 41.8 Å². The maximum atomic E-state index is 13.5. The van der Waals surface area contributed by atoms with E-state index in [4.69, 9.17) is 20.6 Å². The van der Waals surface area contributed by atoms with E-state index < -0.39 is 6.10 Å². The van der Waals surface area contributed by atoms with E-state index in [2.05, 4.69) is 17.4 Å². The van der Waals surface area contributed by atoms with E-state index in [-0.39, 0.29) is 31.7 Å². The van der Waals surface area contributed by atoms with Crippen molar-refractivity contribution in [1.29, 1.82) is 0 Å². The monoisotopic (exact) mass is 486 g/mol. The van der Waals surface area contributed by atoms with Crippen molar-refractivity contribution in [2.24, 2.45) is 0 Å². The van der Waals surface area contributed by atoms with Crippen molar-refractivity contribution in [2.45, 2.75) is 25.0 Å². The minimum atomic E-state index is -0.731. The predicted octanol–water partition coefficient (Wildman–Crippen LogP) is 2.60. The van der Waals surface area contributed by atoms with Crippen molar-refractivity contribution in [3.63, 3.8) is 0 Å². The van der Waals surface area contributed by atoms with E-state index in [0.29, 0.717) is 32.8 Å². The second-order valence-corrected chi connectivity index (χ2v) is 9.23. The van der Waals surface area contributed by atoms with Crippen LogP contribution in [0.5, 0.6) is 5.75 Å². The molecule has 1 aliphatic rings. The number of amides is 1. The maximum Gasteiger partial charge on any atom is 0.237 e. The molecule has 0 aliphatic carbocycles. The number of aliphatic hydroxyl groups excluding tert-OH is 1. The van der Waals surface area contributed by atoms with Crippen LogP contribution in [0.1, 0.15) is 22.9 Å². The normalized spacial score (nSPS) is 16.2. The van der Waals surface area contributed by atoms with E-state index in [1.165, 1.54) is 4.88 Å². The molecule has 1 amide bonds. The first kappa shape index (κ1) is 26.2. The lowest BCUT2D eigenvalue weighted by Gasteiger charge is -2.37. The van der Waals surface area contributed by atoms with Gasteiger partial charge in [-0.2, -0.15) is 0 Å². The van der Waals surface area contributed by atoms with Gasteiger partial charge in [-0.15, -0.1) is 17.8 Å². The van der Waals surface area contributed by atoms with Crippen LogP contribution in [-0.4, -0.2) is 86.6 Å². The molecule has 1 aliphatic heterocycles. The summed E-state index contributed by atoms with van der Waals surface area (Å²) in [7, 11) is 1.65. The molecule has 1 N–H and O–H groups in total. The summed E-state index contributed by atoms with van der Waals surface area (Å²) in [5.74, 6) is 3.20. The van der Waals surface area contributed by atoms with Crippen molar-refractivity contribution < 1.29 is 24.1 Å². The second-order valence-electron chi connectivity index (χ2n) is 8.23. The highest BCUT2D eigenvalue weighted by Crippen LogP contribution is 2.34. The molecule has 0 radical (unpaired) electrons. The number of benzene rings is 1. The number of carbonyl (C=O) groups excluding carboxylic acids is 1. The summed E-state index contributed by atoms with van der Waals surface area (Å²) in [6.07, 6.45) is 6.08. The van der Waals surface area contributed by atoms with Crippen LogP contribution in [0.25, 0.3) is 0 Å². The van der Waals surface area contributed by atoms with Gasteiger partial charge >= 0.3 is 0 Å². The molecule has 2 atom stereocenters. The van der Waals surface area contributed by atoms with E-state index >= 15 is 0 Å². The van der Waals surface area contributed by atoms with E-state index in [9.17, 15) is 9.90 Å². The molecule has 2 aromatic rings. The summed E-state index contributed by atoms with van der Waals surface area (Å²) in [6, 6.07) is 11.6. The number of methoxy groups -OCH3 is 1. The number of hydrogen-bond acceptors (Lipinski definition) is 7. The predicted molar refractivity (Wildman–Crippen MR) is 133 cm³/mol. The molecule has 1 aromatic heterocycles. The molecular formula is C26H34N2O5S. The van der Waals surface area contributed by atoms with E-state index in [1.54, 1.807) is 18.4 Å². The van der Waals surface area contributed by atoms with Crippen molar-refractivity contribution in [3.05, 3.63) is 52.2 Å². The zero-order valence-corrected chi connectivity index (χ0v) is 20.5. The number of terminal acetylenes is 1. The standard InChI is InChI=1S/C26H34N2O5S/c1-3-14-32-19-21(29)17-27(12-7-15-31-2)18-26(30)28-13-10-25-23(11-16-34-25)24(28)20-33-22-8-5-4-6-9-22/h1,4-6,8-9,11,16,21,24,29H,7,10,12-15,17-20H2,2H3/t21-,24+/m1/s1. The lowest BCUT2D eigenvalue weighted by atomic mass is 10.0. The third kappa shape index (κ3) is 7.83. The Bertz CT molecular complexity index is 913. The first-order valence-electron chi connectivity index (χ1n) is 11.6. The number of thiophene rings is 1. The van der Waals surface area contributed by atoms with Crippen LogP contribution in [0.2, 0.25) is 0 Å². The number of ether oxygens (including phenoxy) is 3. The van der Waals surface area contributed by atoms with Gasteiger partial charge in [0.05, 0.1) is 25.3 Å². The smallest absolute Gasteiger partial charge is 0.237 e. The lowest BCUT2D eigenvalue weighted by molar-refractivity contribution is -0.136. The molecular weight excluding hydrogens is 452 g/mol. The molecule has 34 heavy (non-hydrogen) atoms. The number of rotatable bonds is 14. The molecule has 7 nitrogen and oxygen atoms in total. The van der Waals surface area contributed by atoms with Gasteiger partial charge in [-0.25, -0.2) is 0 Å². The SMILES string of the molecule is C#CCOC[C@H](O)CN(CCCOC)CC(=O)N1CCc2sccc2[C@@H]1COc1ccccc1. The average Bonchev–Trinajstić information content (AvgIpc) is 3.32. The van der Waals surface area contributed by atoms with Gasteiger partial charge in [0.15, 0.2) is 0 Å². The zero-order valence-electron chi connectivity index (χ0n) is 19.7. The third-order valence-electron chi connectivity index (χ3n) is 5.71. The Hall–Kier alpha value is -2.41. The topological polar surface area (TPSA) is 71.5 Å². The van der Waals surface area contributed by atoms with Crippen LogP contribution >= 0.6 is 11.3 Å². The Kier molecular flexibility index (Phi) is 10.9.